The minimum absolute atomic E-state index is 0.370. The molecule has 2 heteroatoms. The molecule has 1 unspecified atom stereocenters. The molecule has 0 N–H and O–H groups in total. The molecule has 0 radical (unpaired) electrons. The van der Waals surface area contributed by atoms with Gasteiger partial charge < -0.3 is 0 Å². The predicted molar refractivity (Wildman–Crippen MR) is 58.7 cm³/mol. The van der Waals surface area contributed by atoms with E-state index in [9.17, 15) is 0 Å². The third-order valence-electron chi connectivity index (χ3n) is 2.80. The van der Waals surface area contributed by atoms with E-state index >= 15 is 0 Å². The smallest absolute Gasteiger partial charge is 0.0830 e. The van der Waals surface area contributed by atoms with E-state index in [2.05, 4.69) is 42.6 Å². The molecule has 0 aliphatic carbocycles. The van der Waals surface area contributed by atoms with Crippen molar-refractivity contribution in [2.75, 3.05) is 0 Å². The normalized spacial score (nSPS) is 14.1. The van der Waals surface area contributed by atoms with Gasteiger partial charge >= 0.3 is 0 Å². The van der Waals surface area contributed by atoms with Crippen molar-refractivity contribution in [2.24, 2.45) is 0 Å². The third-order valence-corrected chi connectivity index (χ3v) is 11.4. The van der Waals surface area contributed by atoms with Crippen LogP contribution in [0.5, 0.6) is 0 Å². The van der Waals surface area contributed by atoms with Crippen molar-refractivity contribution < 1.29 is 0 Å². The van der Waals surface area contributed by atoms with E-state index < -0.39 is 8.07 Å². The van der Waals surface area contributed by atoms with Gasteiger partial charge in [-0.25, -0.2) is 0 Å². The highest BCUT2D eigenvalue weighted by atomic mass is 79.9. The zero-order chi connectivity index (χ0) is 8.91. The molecular formula is C9H17BrSi. The van der Waals surface area contributed by atoms with Crippen molar-refractivity contribution in [2.45, 2.75) is 43.4 Å². The van der Waals surface area contributed by atoms with Gasteiger partial charge in [0, 0.05) is 0 Å². The molecule has 0 rings (SSSR count). The number of hydrogen-bond acceptors (Lipinski definition) is 0. The molecule has 0 nitrogen and oxygen atoms in total. The molecule has 0 amide bonds. The van der Waals surface area contributed by atoms with Gasteiger partial charge in [0.05, 0.1) is 12.5 Å². The Bertz CT molecular complexity index is 136. The van der Waals surface area contributed by atoms with E-state index in [1.54, 1.807) is 0 Å². The molecule has 0 aliphatic heterocycles. The van der Waals surface area contributed by atoms with Crippen LogP contribution in [-0.2, 0) is 0 Å². The molecule has 0 fully saturated rings. The second-order valence-corrected chi connectivity index (χ2v) is 10.1. The largest absolute Gasteiger partial charge is 0.119 e. The van der Waals surface area contributed by atoms with Crippen LogP contribution in [0, 0.1) is 12.3 Å². The minimum Gasteiger partial charge on any atom is -0.119 e. The van der Waals surface area contributed by atoms with Crippen LogP contribution in [0.2, 0.25) is 18.1 Å². The number of alkyl halides is 1. The van der Waals surface area contributed by atoms with E-state index in [1.807, 2.05) is 0 Å². The summed E-state index contributed by atoms with van der Waals surface area (Å²) in [7, 11) is -1.14. The Morgan fingerprint density at radius 2 is 1.64 bits per heavy atom. The lowest BCUT2D eigenvalue weighted by molar-refractivity contribution is 1.14. The SMILES string of the molecule is C#CC(Br)[Si](CC)(CC)CC. The van der Waals surface area contributed by atoms with E-state index in [0.717, 1.165) is 0 Å². The van der Waals surface area contributed by atoms with Gasteiger partial charge in [-0.3, -0.25) is 0 Å². The highest BCUT2D eigenvalue weighted by Gasteiger charge is 2.33. The van der Waals surface area contributed by atoms with Crippen molar-refractivity contribution in [1.82, 2.24) is 0 Å². The first-order valence-corrected chi connectivity index (χ1v) is 7.88. The summed E-state index contributed by atoms with van der Waals surface area (Å²) in [5.41, 5.74) is 0. The first-order valence-electron chi connectivity index (χ1n) is 4.27. The van der Waals surface area contributed by atoms with Crippen LogP contribution in [-0.4, -0.2) is 12.5 Å². The van der Waals surface area contributed by atoms with E-state index in [0.29, 0.717) is 4.45 Å². The van der Waals surface area contributed by atoms with Crippen LogP contribution in [0.1, 0.15) is 20.8 Å². The zero-order valence-corrected chi connectivity index (χ0v) is 10.2. The van der Waals surface area contributed by atoms with Crippen molar-refractivity contribution in [3.8, 4) is 12.3 Å². The maximum Gasteiger partial charge on any atom is 0.0830 e. The molecule has 0 aromatic heterocycles. The molecule has 0 saturated carbocycles. The Morgan fingerprint density at radius 3 is 1.73 bits per heavy atom. The summed E-state index contributed by atoms with van der Waals surface area (Å²) < 4.78 is 0.370. The molecule has 0 aromatic carbocycles. The van der Waals surface area contributed by atoms with Crippen LogP contribution in [0.3, 0.4) is 0 Å². The van der Waals surface area contributed by atoms with Gasteiger partial charge in [-0.15, -0.1) is 6.42 Å². The monoisotopic (exact) mass is 232 g/mol. The second kappa shape index (κ2) is 5.00. The fraction of sp³-hybridized carbons (Fsp3) is 0.778. The summed E-state index contributed by atoms with van der Waals surface area (Å²) in [6, 6.07) is 3.88. The maximum absolute atomic E-state index is 5.42. The van der Waals surface area contributed by atoms with Gasteiger partial charge in [-0.05, 0) is 0 Å². The van der Waals surface area contributed by atoms with Crippen molar-refractivity contribution in [3.63, 3.8) is 0 Å². The Kier molecular flexibility index (Phi) is 5.12. The highest BCUT2D eigenvalue weighted by molar-refractivity contribution is 9.10. The number of terminal acetylenes is 1. The van der Waals surface area contributed by atoms with Crippen LogP contribution in [0.4, 0.5) is 0 Å². The molecule has 64 valence electrons. The van der Waals surface area contributed by atoms with Gasteiger partial charge in [0.25, 0.3) is 0 Å². The van der Waals surface area contributed by atoms with Gasteiger partial charge in [0.15, 0.2) is 0 Å². The number of halogens is 1. The van der Waals surface area contributed by atoms with Crippen molar-refractivity contribution in [1.29, 1.82) is 0 Å². The van der Waals surface area contributed by atoms with Crippen LogP contribution in [0.25, 0.3) is 0 Å². The standard InChI is InChI=1S/C9H17BrSi/c1-5-9(10)11(6-2,7-3)8-4/h1,9H,6-8H2,2-4H3. The van der Waals surface area contributed by atoms with Gasteiger partial charge in [0.2, 0.25) is 0 Å². The fourth-order valence-corrected chi connectivity index (χ4v) is 7.31. The number of rotatable bonds is 4. The van der Waals surface area contributed by atoms with Gasteiger partial charge in [0.1, 0.15) is 0 Å². The van der Waals surface area contributed by atoms with Crippen LogP contribution < -0.4 is 0 Å². The van der Waals surface area contributed by atoms with E-state index in [1.165, 1.54) is 18.1 Å². The van der Waals surface area contributed by atoms with Crippen molar-refractivity contribution >= 4 is 24.0 Å². The zero-order valence-electron chi connectivity index (χ0n) is 7.65. The lowest BCUT2D eigenvalue weighted by Crippen LogP contribution is -2.41. The van der Waals surface area contributed by atoms with Crippen LogP contribution >= 0.6 is 15.9 Å². The second-order valence-electron chi connectivity index (χ2n) is 2.95. The Hall–Kier alpha value is 0.257. The highest BCUT2D eigenvalue weighted by Crippen LogP contribution is 2.28. The van der Waals surface area contributed by atoms with Crippen LogP contribution in [0.15, 0.2) is 0 Å². The van der Waals surface area contributed by atoms with E-state index in [4.69, 9.17) is 6.42 Å². The molecule has 11 heavy (non-hydrogen) atoms. The minimum atomic E-state index is -1.14. The summed E-state index contributed by atoms with van der Waals surface area (Å²) in [6.45, 7) is 6.81. The predicted octanol–water partition coefficient (Wildman–Crippen LogP) is 3.43. The average Bonchev–Trinajstić information content (AvgIpc) is 2.08. The summed E-state index contributed by atoms with van der Waals surface area (Å²) in [5.74, 6) is 2.84. The fourth-order valence-electron chi connectivity index (χ4n) is 1.46. The molecule has 0 spiro atoms. The molecule has 1 atom stereocenters. The first kappa shape index (κ1) is 11.3. The lowest BCUT2D eigenvalue weighted by atomic mass is 10.8. The molecule has 0 aromatic rings. The third kappa shape index (κ3) is 2.35. The Morgan fingerprint density at radius 1 is 1.27 bits per heavy atom. The number of hydrogen-bond donors (Lipinski definition) is 0. The Balaban J connectivity index is 4.42. The lowest BCUT2D eigenvalue weighted by Gasteiger charge is -2.29. The molecule has 0 aliphatic rings. The molecular weight excluding hydrogens is 216 g/mol. The average molecular weight is 233 g/mol. The quantitative estimate of drug-likeness (QED) is 0.396. The molecule has 0 heterocycles. The topological polar surface area (TPSA) is 0 Å². The first-order chi connectivity index (χ1) is 5.16. The Labute approximate surface area is 79.9 Å². The summed E-state index contributed by atoms with van der Waals surface area (Å²) >= 11 is 3.61. The van der Waals surface area contributed by atoms with Gasteiger partial charge in [-0.2, -0.15) is 0 Å². The van der Waals surface area contributed by atoms with Gasteiger partial charge in [-0.1, -0.05) is 60.8 Å². The molecule has 0 bridgehead atoms. The maximum atomic E-state index is 5.42. The molecule has 0 saturated heterocycles. The summed E-state index contributed by atoms with van der Waals surface area (Å²) in [5, 5.41) is 0. The summed E-state index contributed by atoms with van der Waals surface area (Å²) in [4.78, 5) is 0. The van der Waals surface area contributed by atoms with Crippen molar-refractivity contribution in [3.05, 3.63) is 0 Å². The summed E-state index contributed by atoms with van der Waals surface area (Å²) in [6.07, 6.45) is 5.42. The van der Waals surface area contributed by atoms with E-state index in [-0.39, 0.29) is 0 Å².